The second kappa shape index (κ2) is 8.59. The van der Waals surface area contributed by atoms with Crippen molar-refractivity contribution in [3.05, 3.63) is 52.7 Å². The van der Waals surface area contributed by atoms with E-state index in [4.69, 9.17) is 9.15 Å². The molecule has 1 unspecified atom stereocenters. The van der Waals surface area contributed by atoms with Crippen LogP contribution < -0.4 is 0 Å². The first-order valence-electron chi connectivity index (χ1n) is 9.87. The normalized spacial score (nSPS) is 12.4. The quantitative estimate of drug-likeness (QED) is 0.552. The summed E-state index contributed by atoms with van der Waals surface area (Å²) >= 11 is 0. The number of hydrogen-bond acceptors (Lipinski definition) is 6. The van der Waals surface area contributed by atoms with E-state index in [1.165, 1.54) is 0 Å². The van der Waals surface area contributed by atoms with Crippen LogP contribution in [0.4, 0.5) is 0 Å². The lowest BCUT2D eigenvalue weighted by Gasteiger charge is -2.10. The molecule has 1 aromatic carbocycles. The fraction of sp³-hybridized carbons (Fsp3) is 0.455. The third kappa shape index (κ3) is 4.91. The minimum Gasteiger partial charge on any atom is -0.452 e. The molecule has 0 fully saturated rings. The van der Waals surface area contributed by atoms with Gasteiger partial charge in [-0.3, -0.25) is 9.48 Å². The molecule has 2 aromatic heterocycles. The maximum Gasteiger partial charge on any atom is 0.311 e. The molecule has 7 nitrogen and oxygen atoms in total. The van der Waals surface area contributed by atoms with E-state index >= 15 is 0 Å². The van der Waals surface area contributed by atoms with Gasteiger partial charge in [-0.25, -0.2) is 0 Å². The molecule has 0 spiro atoms. The van der Waals surface area contributed by atoms with Crippen molar-refractivity contribution >= 4 is 5.97 Å². The number of rotatable bonds is 7. The molecule has 3 aromatic rings. The summed E-state index contributed by atoms with van der Waals surface area (Å²) in [6, 6.07) is 7.80. The summed E-state index contributed by atoms with van der Waals surface area (Å²) in [5, 5.41) is 12.7. The Morgan fingerprint density at radius 2 is 1.79 bits per heavy atom. The first-order valence-corrected chi connectivity index (χ1v) is 9.87. The van der Waals surface area contributed by atoms with Gasteiger partial charge in [0.2, 0.25) is 5.89 Å². The van der Waals surface area contributed by atoms with Gasteiger partial charge in [0.1, 0.15) is 0 Å². The van der Waals surface area contributed by atoms with Gasteiger partial charge in [0, 0.05) is 23.4 Å². The summed E-state index contributed by atoms with van der Waals surface area (Å²) < 4.78 is 13.2. The number of hydrogen-bond donors (Lipinski definition) is 0. The maximum atomic E-state index is 12.5. The van der Waals surface area contributed by atoms with E-state index in [0.29, 0.717) is 11.8 Å². The molecule has 0 amide bonds. The van der Waals surface area contributed by atoms with Crippen LogP contribution in [0.1, 0.15) is 55.3 Å². The number of nitrogens with zero attached hydrogens (tertiary/aromatic N) is 4. The van der Waals surface area contributed by atoms with Crippen LogP contribution in [0.2, 0.25) is 0 Å². The molecular formula is C22H28N4O3. The molecule has 3 rings (SSSR count). The highest BCUT2D eigenvalue weighted by atomic mass is 16.6. The topological polar surface area (TPSA) is 83.0 Å². The second-order valence-corrected chi connectivity index (χ2v) is 7.85. The third-order valence-electron chi connectivity index (χ3n) is 4.79. The van der Waals surface area contributed by atoms with Gasteiger partial charge in [-0.1, -0.05) is 31.5 Å². The molecule has 0 radical (unpaired) electrons. The van der Waals surface area contributed by atoms with Crippen LogP contribution in [0.3, 0.4) is 0 Å². The predicted molar refractivity (Wildman–Crippen MR) is 109 cm³/mol. The molecule has 7 heteroatoms. The number of aromatic nitrogens is 4. The first kappa shape index (κ1) is 20.8. The molecule has 29 heavy (non-hydrogen) atoms. The van der Waals surface area contributed by atoms with Gasteiger partial charge < -0.3 is 9.15 Å². The zero-order valence-corrected chi connectivity index (χ0v) is 17.9. The van der Waals surface area contributed by atoms with Gasteiger partial charge in [-0.05, 0) is 45.7 Å². The lowest BCUT2D eigenvalue weighted by Crippen LogP contribution is -2.13. The highest BCUT2D eigenvalue weighted by molar-refractivity contribution is 5.73. The molecule has 0 aliphatic carbocycles. The molecule has 0 saturated carbocycles. The van der Waals surface area contributed by atoms with Crippen LogP contribution >= 0.6 is 0 Å². The van der Waals surface area contributed by atoms with Gasteiger partial charge in [-0.2, -0.15) is 5.10 Å². The van der Waals surface area contributed by atoms with Crippen molar-refractivity contribution in [2.75, 3.05) is 0 Å². The van der Waals surface area contributed by atoms with Crippen molar-refractivity contribution < 1.29 is 13.9 Å². The van der Waals surface area contributed by atoms with Crippen LogP contribution in [0.25, 0.3) is 11.5 Å². The van der Waals surface area contributed by atoms with Crippen LogP contribution in [0.15, 0.2) is 28.7 Å². The molecule has 0 saturated heterocycles. The van der Waals surface area contributed by atoms with E-state index in [2.05, 4.69) is 29.1 Å². The van der Waals surface area contributed by atoms with Crippen molar-refractivity contribution in [2.24, 2.45) is 5.92 Å². The van der Waals surface area contributed by atoms with Crippen molar-refractivity contribution in [2.45, 2.75) is 60.6 Å². The molecular weight excluding hydrogens is 368 g/mol. The van der Waals surface area contributed by atoms with E-state index in [1.807, 2.05) is 49.7 Å². The van der Waals surface area contributed by atoms with Crippen LogP contribution in [-0.4, -0.2) is 25.9 Å². The van der Waals surface area contributed by atoms with E-state index in [0.717, 1.165) is 34.6 Å². The first-order chi connectivity index (χ1) is 13.7. The van der Waals surface area contributed by atoms with Crippen LogP contribution in [0.5, 0.6) is 0 Å². The molecule has 1 atom stereocenters. The average Bonchev–Trinajstić information content (AvgIpc) is 3.23. The van der Waals surface area contributed by atoms with Crippen molar-refractivity contribution in [3.63, 3.8) is 0 Å². The standard InChI is InChI=1S/C22H28N4O3/c1-13(2)12-26-16(5)19(15(4)25-26)11-20(27)28-17(6)21-23-24-22(29-21)18-9-7-14(3)8-10-18/h7-10,13,17H,11-12H2,1-6H3. The lowest BCUT2D eigenvalue weighted by molar-refractivity contribution is -0.148. The Balaban J connectivity index is 1.66. The summed E-state index contributed by atoms with van der Waals surface area (Å²) in [7, 11) is 0. The summed E-state index contributed by atoms with van der Waals surface area (Å²) in [6.07, 6.45) is -0.459. The van der Waals surface area contributed by atoms with E-state index in [9.17, 15) is 4.79 Å². The lowest BCUT2D eigenvalue weighted by atomic mass is 10.1. The third-order valence-corrected chi connectivity index (χ3v) is 4.79. The summed E-state index contributed by atoms with van der Waals surface area (Å²) in [6.45, 7) is 12.7. The van der Waals surface area contributed by atoms with Crippen LogP contribution in [0, 0.1) is 26.7 Å². The summed E-state index contributed by atoms with van der Waals surface area (Å²) in [5.41, 5.74) is 4.75. The maximum absolute atomic E-state index is 12.5. The van der Waals surface area contributed by atoms with Gasteiger partial charge in [-0.15, -0.1) is 10.2 Å². The molecule has 154 valence electrons. The highest BCUT2D eigenvalue weighted by Crippen LogP contribution is 2.23. The van der Waals surface area contributed by atoms with E-state index in [1.54, 1.807) is 6.92 Å². The zero-order valence-electron chi connectivity index (χ0n) is 17.9. The van der Waals surface area contributed by atoms with E-state index in [-0.39, 0.29) is 18.3 Å². The van der Waals surface area contributed by atoms with Gasteiger partial charge in [0.15, 0.2) is 6.10 Å². The monoisotopic (exact) mass is 396 g/mol. The Hall–Kier alpha value is -2.96. The minimum atomic E-state index is -0.625. The van der Waals surface area contributed by atoms with Crippen molar-refractivity contribution in [1.82, 2.24) is 20.0 Å². The molecule has 2 heterocycles. The Kier molecular flexibility index (Phi) is 6.15. The van der Waals surface area contributed by atoms with Crippen LogP contribution in [-0.2, 0) is 22.5 Å². The number of benzene rings is 1. The Morgan fingerprint density at radius 1 is 1.10 bits per heavy atom. The minimum absolute atomic E-state index is 0.166. The molecule has 0 aliphatic rings. The molecule has 0 bridgehead atoms. The number of esters is 1. The summed E-state index contributed by atoms with van der Waals surface area (Å²) in [4.78, 5) is 12.5. The summed E-state index contributed by atoms with van der Waals surface area (Å²) in [5.74, 6) is 0.818. The fourth-order valence-corrected chi connectivity index (χ4v) is 3.16. The number of ether oxygens (including phenoxy) is 1. The number of carbonyl (C=O) groups excluding carboxylic acids is 1. The predicted octanol–water partition coefficient (Wildman–Crippen LogP) is 4.36. The Bertz CT molecular complexity index is 986. The number of carbonyl (C=O) groups is 1. The Morgan fingerprint density at radius 3 is 2.45 bits per heavy atom. The largest absolute Gasteiger partial charge is 0.452 e. The second-order valence-electron chi connectivity index (χ2n) is 7.85. The van der Waals surface area contributed by atoms with Gasteiger partial charge in [0.25, 0.3) is 5.89 Å². The Labute approximate surface area is 171 Å². The number of aryl methyl sites for hydroxylation is 2. The average molecular weight is 396 g/mol. The highest BCUT2D eigenvalue weighted by Gasteiger charge is 2.22. The van der Waals surface area contributed by atoms with Crippen molar-refractivity contribution in [3.8, 4) is 11.5 Å². The molecule has 0 aliphatic heterocycles. The van der Waals surface area contributed by atoms with Crippen molar-refractivity contribution in [1.29, 1.82) is 0 Å². The van der Waals surface area contributed by atoms with Gasteiger partial charge in [0.05, 0.1) is 12.1 Å². The molecule has 0 N–H and O–H groups in total. The van der Waals surface area contributed by atoms with Gasteiger partial charge >= 0.3 is 5.97 Å². The SMILES string of the molecule is Cc1ccc(-c2nnc(C(C)OC(=O)Cc3c(C)nn(CC(C)C)c3C)o2)cc1. The van der Waals surface area contributed by atoms with E-state index < -0.39 is 6.10 Å². The smallest absolute Gasteiger partial charge is 0.311 e. The zero-order chi connectivity index (χ0) is 21.1. The fourth-order valence-electron chi connectivity index (χ4n) is 3.16.